The van der Waals surface area contributed by atoms with Gasteiger partial charge in [-0.05, 0) is 61.2 Å². The number of benzene rings is 3. The third-order valence-corrected chi connectivity index (χ3v) is 6.19. The van der Waals surface area contributed by atoms with E-state index in [9.17, 15) is 9.59 Å². The number of rotatable bonds is 9. The summed E-state index contributed by atoms with van der Waals surface area (Å²) < 4.78 is 6.87. The Hall–Kier alpha value is -3.64. The fraction of sp³-hybridized carbons (Fsp3) is 0.185. The highest BCUT2D eigenvalue weighted by Gasteiger charge is 2.13. The second-order valence-electron chi connectivity index (χ2n) is 7.70. The average molecular weight is 459 g/mol. The van der Waals surface area contributed by atoms with Gasteiger partial charge in [-0.1, -0.05) is 53.8 Å². The van der Waals surface area contributed by atoms with Gasteiger partial charge in [-0.15, -0.1) is 0 Å². The Bertz CT molecular complexity index is 1260. The Kier molecular flexibility index (Phi) is 7.37. The molecule has 5 nitrogen and oxygen atoms in total. The lowest BCUT2D eigenvalue weighted by molar-refractivity contribution is 0.0953. The van der Waals surface area contributed by atoms with Crippen molar-refractivity contribution in [1.82, 2.24) is 9.88 Å². The van der Waals surface area contributed by atoms with E-state index in [1.165, 1.54) is 5.56 Å². The summed E-state index contributed by atoms with van der Waals surface area (Å²) in [7, 11) is 1.61. The fourth-order valence-electron chi connectivity index (χ4n) is 3.71. The highest BCUT2D eigenvalue weighted by molar-refractivity contribution is 7.07. The zero-order valence-electron chi connectivity index (χ0n) is 18.5. The molecule has 0 radical (unpaired) electrons. The van der Waals surface area contributed by atoms with E-state index in [0.29, 0.717) is 12.1 Å². The molecule has 4 aromatic rings. The minimum absolute atomic E-state index is 0.0802. The number of thiazole rings is 1. The molecule has 0 bridgehead atoms. The van der Waals surface area contributed by atoms with Crippen molar-refractivity contribution >= 4 is 17.2 Å². The number of nitrogens with one attached hydrogen (secondary N) is 1. The molecule has 1 aromatic heterocycles. The third kappa shape index (κ3) is 5.59. The van der Waals surface area contributed by atoms with Crippen molar-refractivity contribution < 1.29 is 9.53 Å². The molecule has 0 atom stereocenters. The molecule has 0 spiro atoms. The zero-order valence-corrected chi connectivity index (χ0v) is 19.3. The van der Waals surface area contributed by atoms with Crippen LogP contribution in [0.3, 0.4) is 0 Å². The fourth-order valence-corrected chi connectivity index (χ4v) is 4.47. The van der Waals surface area contributed by atoms with Crippen LogP contribution in [-0.2, 0) is 6.42 Å². The first-order chi connectivity index (χ1) is 16.2. The maximum absolute atomic E-state index is 12.7. The van der Waals surface area contributed by atoms with Crippen molar-refractivity contribution in [3.05, 3.63) is 105 Å². The number of nitrogens with zero attached hydrogens (tertiary/aromatic N) is 1. The van der Waals surface area contributed by atoms with E-state index >= 15 is 0 Å². The van der Waals surface area contributed by atoms with Gasteiger partial charge < -0.3 is 10.1 Å². The SMILES string of the molecule is COc1ccc(-n2c(-c3cccc(C(=O)NCCCCc4ccccc4)c3)csc2=O)cc1. The van der Waals surface area contributed by atoms with Gasteiger partial charge in [0.25, 0.3) is 5.91 Å². The van der Waals surface area contributed by atoms with Crippen molar-refractivity contribution in [2.24, 2.45) is 0 Å². The normalized spacial score (nSPS) is 10.7. The number of aromatic nitrogens is 1. The van der Waals surface area contributed by atoms with Crippen LogP contribution < -0.4 is 14.9 Å². The van der Waals surface area contributed by atoms with E-state index in [0.717, 1.165) is 53.3 Å². The van der Waals surface area contributed by atoms with Crippen molar-refractivity contribution in [1.29, 1.82) is 0 Å². The highest BCUT2D eigenvalue weighted by Crippen LogP contribution is 2.25. The average Bonchev–Trinajstić information content (AvgIpc) is 3.25. The third-order valence-electron chi connectivity index (χ3n) is 5.47. The second-order valence-corrected chi connectivity index (χ2v) is 8.52. The van der Waals surface area contributed by atoms with Crippen molar-refractivity contribution in [2.75, 3.05) is 13.7 Å². The van der Waals surface area contributed by atoms with Crippen LogP contribution in [0.1, 0.15) is 28.8 Å². The van der Waals surface area contributed by atoms with E-state index in [1.807, 2.05) is 66.0 Å². The Morgan fingerprint density at radius 1 is 0.970 bits per heavy atom. The van der Waals surface area contributed by atoms with E-state index in [-0.39, 0.29) is 10.8 Å². The Labute approximate surface area is 197 Å². The minimum Gasteiger partial charge on any atom is -0.497 e. The molecule has 1 amide bonds. The van der Waals surface area contributed by atoms with Gasteiger partial charge in [0.05, 0.1) is 18.5 Å². The lowest BCUT2D eigenvalue weighted by atomic mass is 10.1. The largest absolute Gasteiger partial charge is 0.497 e. The first-order valence-electron chi connectivity index (χ1n) is 10.9. The van der Waals surface area contributed by atoms with Gasteiger partial charge in [0.2, 0.25) is 0 Å². The summed E-state index contributed by atoms with van der Waals surface area (Å²) in [5.74, 6) is 0.621. The molecule has 6 heteroatoms. The van der Waals surface area contributed by atoms with Crippen LogP contribution >= 0.6 is 11.3 Å². The monoisotopic (exact) mass is 458 g/mol. The molecule has 0 saturated heterocycles. The molecule has 1 heterocycles. The van der Waals surface area contributed by atoms with Gasteiger partial charge in [-0.25, -0.2) is 0 Å². The number of methoxy groups -OCH3 is 1. The van der Waals surface area contributed by atoms with Gasteiger partial charge in [0.1, 0.15) is 5.75 Å². The first kappa shape index (κ1) is 22.6. The van der Waals surface area contributed by atoms with Crippen LogP contribution in [0.5, 0.6) is 5.75 Å². The van der Waals surface area contributed by atoms with Crippen LogP contribution in [0, 0.1) is 0 Å². The number of carbonyl (C=O) groups is 1. The highest BCUT2D eigenvalue weighted by atomic mass is 32.1. The Morgan fingerprint density at radius 3 is 2.52 bits per heavy atom. The topological polar surface area (TPSA) is 60.3 Å². The molecule has 0 unspecified atom stereocenters. The van der Waals surface area contributed by atoms with Crippen LogP contribution in [0.4, 0.5) is 0 Å². The van der Waals surface area contributed by atoms with E-state index in [4.69, 9.17) is 4.74 Å². The van der Waals surface area contributed by atoms with Gasteiger partial charge >= 0.3 is 4.87 Å². The Morgan fingerprint density at radius 2 is 1.76 bits per heavy atom. The number of aryl methyl sites for hydroxylation is 1. The number of unbranched alkanes of at least 4 members (excludes halogenated alkanes) is 1. The lowest BCUT2D eigenvalue weighted by Crippen LogP contribution is -2.24. The van der Waals surface area contributed by atoms with Crippen molar-refractivity contribution in [2.45, 2.75) is 19.3 Å². The molecular weight excluding hydrogens is 432 g/mol. The number of carbonyl (C=O) groups excluding carboxylic acids is 1. The summed E-state index contributed by atoms with van der Waals surface area (Å²) in [4.78, 5) is 25.2. The smallest absolute Gasteiger partial charge is 0.312 e. The summed E-state index contributed by atoms with van der Waals surface area (Å²) in [5, 5.41) is 4.84. The molecule has 1 N–H and O–H groups in total. The van der Waals surface area contributed by atoms with Crippen LogP contribution in [0.25, 0.3) is 16.9 Å². The first-order valence-corrected chi connectivity index (χ1v) is 11.8. The molecule has 0 aliphatic heterocycles. The standard InChI is InChI=1S/C27H26N2O3S/c1-32-24-15-13-23(14-16-24)29-25(19-33-27(29)31)21-11-7-12-22(18-21)26(30)28-17-6-5-10-20-8-3-2-4-9-20/h2-4,7-9,11-16,18-19H,5-6,10,17H2,1H3,(H,28,30). The number of amides is 1. The van der Waals surface area contributed by atoms with E-state index < -0.39 is 0 Å². The summed E-state index contributed by atoms with van der Waals surface area (Å²) >= 11 is 1.14. The summed E-state index contributed by atoms with van der Waals surface area (Å²) in [5.41, 5.74) is 4.23. The summed E-state index contributed by atoms with van der Waals surface area (Å²) in [6.07, 6.45) is 2.95. The second kappa shape index (κ2) is 10.8. The summed E-state index contributed by atoms with van der Waals surface area (Å²) in [6.45, 7) is 0.630. The predicted molar refractivity (Wildman–Crippen MR) is 134 cm³/mol. The molecule has 0 aliphatic carbocycles. The van der Waals surface area contributed by atoms with Gasteiger partial charge in [-0.3, -0.25) is 14.2 Å². The number of hydrogen-bond donors (Lipinski definition) is 1. The van der Waals surface area contributed by atoms with Gasteiger partial charge in [-0.2, -0.15) is 0 Å². The Balaban J connectivity index is 1.42. The quantitative estimate of drug-likeness (QED) is 0.345. The van der Waals surface area contributed by atoms with Crippen molar-refractivity contribution in [3.8, 4) is 22.7 Å². The van der Waals surface area contributed by atoms with Gasteiger partial charge in [0, 0.05) is 23.1 Å². The maximum Gasteiger partial charge on any atom is 0.312 e. The molecule has 0 saturated carbocycles. The molecule has 168 valence electrons. The number of ether oxygens (including phenoxy) is 1. The van der Waals surface area contributed by atoms with E-state index in [2.05, 4.69) is 17.4 Å². The zero-order chi connectivity index (χ0) is 23.0. The van der Waals surface area contributed by atoms with E-state index in [1.54, 1.807) is 17.7 Å². The van der Waals surface area contributed by atoms with Crippen LogP contribution in [0.15, 0.2) is 89.0 Å². The van der Waals surface area contributed by atoms with Crippen LogP contribution in [0.2, 0.25) is 0 Å². The molecule has 0 aliphatic rings. The lowest BCUT2D eigenvalue weighted by Gasteiger charge is -2.10. The minimum atomic E-state index is -0.106. The molecule has 0 fully saturated rings. The molecule has 33 heavy (non-hydrogen) atoms. The molecule has 4 rings (SSSR count). The summed E-state index contributed by atoms with van der Waals surface area (Å²) in [6, 6.07) is 25.1. The number of hydrogen-bond acceptors (Lipinski definition) is 4. The maximum atomic E-state index is 12.7. The molecular formula is C27H26N2O3S. The van der Waals surface area contributed by atoms with Crippen molar-refractivity contribution in [3.63, 3.8) is 0 Å². The molecule has 3 aromatic carbocycles. The van der Waals surface area contributed by atoms with Crippen LogP contribution in [-0.4, -0.2) is 24.1 Å². The van der Waals surface area contributed by atoms with Gasteiger partial charge in [0.15, 0.2) is 0 Å². The predicted octanol–water partition coefficient (Wildman–Crippen LogP) is 5.33.